The zero-order chi connectivity index (χ0) is 21.7. The first-order chi connectivity index (χ1) is 14.1. The fraction of sp³-hybridized carbons (Fsp3) is 0.409. The molecule has 1 aliphatic heterocycles. The fourth-order valence-electron chi connectivity index (χ4n) is 4.42. The predicted octanol–water partition coefficient (Wildman–Crippen LogP) is 4.96. The topological polar surface area (TPSA) is 23.6 Å². The van der Waals surface area contributed by atoms with Gasteiger partial charge in [-0.15, -0.1) is 0 Å². The second kappa shape index (κ2) is 7.45. The number of alkyl halides is 3. The summed E-state index contributed by atoms with van der Waals surface area (Å²) in [6.07, 6.45) is -4.88. The molecule has 160 valence electrons. The maximum absolute atomic E-state index is 13.9. The van der Waals surface area contributed by atoms with Crippen molar-refractivity contribution in [2.75, 3.05) is 31.1 Å². The molecule has 1 aliphatic carbocycles. The minimum atomic E-state index is -4.58. The molecule has 3 nitrogen and oxygen atoms in total. The number of carbonyl (C=O) groups excluding carboxylic acids is 1. The molecular weight excluding hydrogens is 420 g/mol. The Morgan fingerprint density at radius 2 is 1.70 bits per heavy atom. The fourth-order valence-corrected chi connectivity index (χ4v) is 4.58. The number of amides is 1. The van der Waals surface area contributed by atoms with Crippen LogP contribution in [0.1, 0.15) is 17.5 Å². The minimum absolute atomic E-state index is 0.0528. The molecule has 0 radical (unpaired) electrons. The van der Waals surface area contributed by atoms with Gasteiger partial charge in [0.05, 0.1) is 5.92 Å². The van der Waals surface area contributed by atoms with Gasteiger partial charge in [-0.25, -0.2) is 4.39 Å². The number of hydrogen-bond donors (Lipinski definition) is 0. The molecule has 0 spiro atoms. The molecular formula is C22H21ClF4N2O. The molecule has 1 saturated heterocycles. The summed E-state index contributed by atoms with van der Waals surface area (Å²) in [4.78, 5) is 16.5. The highest BCUT2D eigenvalue weighted by Gasteiger charge is 2.74. The van der Waals surface area contributed by atoms with Gasteiger partial charge in [0.15, 0.2) is 0 Å². The van der Waals surface area contributed by atoms with Crippen LogP contribution in [0.4, 0.5) is 23.2 Å². The Balaban J connectivity index is 1.48. The van der Waals surface area contributed by atoms with Crippen molar-refractivity contribution < 1.29 is 22.4 Å². The summed E-state index contributed by atoms with van der Waals surface area (Å²) in [5, 5.41) is 0.612. The van der Waals surface area contributed by atoms with Crippen molar-refractivity contribution in [2.45, 2.75) is 24.9 Å². The Bertz CT molecular complexity index is 955. The zero-order valence-electron chi connectivity index (χ0n) is 16.3. The van der Waals surface area contributed by atoms with Gasteiger partial charge in [0.1, 0.15) is 11.2 Å². The van der Waals surface area contributed by atoms with Crippen molar-refractivity contribution >= 4 is 23.2 Å². The van der Waals surface area contributed by atoms with Crippen LogP contribution in [0, 0.1) is 18.7 Å². The highest BCUT2D eigenvalue weighted by atomic mass is 35.5. The van der Waals surface area contributed by atoms with Crippen molar-refractivity contribution in [2.24, 2.45) is 5.92 Å². The monoisotopic (exact) mass is 440 g/mol. The molecule has 0 bridgehead atoms. The predicted molar refractivity (Wildman–Crippen MR) is 107 cm³/mol. The van der Waals surface area contributed by atoms with E-state index in [1.807, 2.05) is 19.1 Å². The molecule has 0 N–H and O–H groups in total. The number of nitrogens with zero attached hydrogens (tertiary/aromatic N) is 2. The minimum Gasteiger partial charge on any atom is -0.368 e. The zero-order valence-corrected chi connectivity index (χ0v) is 17.1. The van der Waals surface area contributed by atoms with Crippen LogP contribution in [-0.4, -0.2) is 43.2 Å². The Morgan fingerprint density at radius 3 is 2.30 bits per heavy atom. The largest absolute Gasteiger partial charge is 0.399 e. The molecule has 2 atom stereocenters. The summed E-state index contributed by atoms with van der Waals surface area (Å²) in [6.45, 7) is 3.70. The molecule has 1 unspecified atom stereocenters. The molecule has 8 heteroatoms. The van der Waals surface area contributed by atoms with Crippen LogP contribution >= 0.6 is 11.6 Å². The first-order valence-electron chi connectivity index (χ1n) is 9.76. The van der Waals surface area contributed by atoms with Gasteiger partial charge in [-0.2, -0.15) is 13.2 Å². The molecule has 1 amide bonds. The first kappa shape index (κ1) is 21.0. The number of carbonyl (C=O) groups is 1. The maximum Gasteiger partial charge on any atom is 0.399 e. The third-order valence-corrected chi connectivity index (χ3v) is 6.46. The van der Waals surface area contributed by atoms with Crippen LogP contribution in [0.2, 0.25) is 5.02 Å². The average molecular weight is 441 g/mol. The lowest BCUT2D eigenvalue weighted by atomic mass is 9.92. The summed E-state index contributed by atoms with van der Waals surface area (Å²) >= 11 is 6.09. The van der Waals surface area contributed by atoms with Gasteiger partial charge >= 0.3 is 6.18 Å². The molecule has 4 rings (SSSR count). The second-order valence-electron chi connectivity index (χ2n) is 7.98. The highest BCUT2D eigenvalue weighted by molar-refractivity contribution is 6.30. The van der Waals surface area contributed by atoms with Gasteiger partial charge in [0.25, 0.3) is 0 Å². The van der Waals surface area contributed by atoms with Crippen molar-refractivity contribution in [3.8, 4) is 0 Å². The van der Waals surface area contributed by atoms with Gasteiger partial charge in [0.2, 0.25) is 5.91 Å². The lowest BCUT2D eigenvalue weighted by Gasteiger charge is -2.37. The van der Waals surface area contributed by atoms with E-state index in [0.717, 1.165) is 35.5 Å². The lowest BCUT2D eigenvalue weighted by molar-refractivity contribution is -0.169. The van der Waals surface area contributed by atoms with Crippen molar-refractivity contribution in [1.29, 1.82) is 0 Å². The average Bonchev–Trinajstić information content (AvgIpc) is 3.47. The first-order valence-corrected chi connectivity index (χ1v) is 10.1. The standard InChI is InChI=1S/C22H21ClF4N2O/c1-14-2-5-16(23)12-19(14)28-8-10-29(11-9-28)20(30)18-13-21(18,22(25,26)27)15-3-6-17(24)7-4-15/h2-7,12,18H,8-11,13H2,1H3/t18-,21?/m0/s1. The van der Waals surface area contributed by atoms with Crippen LogP contribution in [0.25, 0.3) is 0 Å². The molecule has 2 aromatic carbocycles. The van der Waals surface area contributed by atoms with E-state index >= 15 is 0 Å². The molecule has 2 fully saturated rings. The number of hydrogen-bond acceptors (Lipinski definition) is 2. The van der Waals surface area contributed by atoms with E-state index in [2.05, 4.69) is 4.90 Å². The number of halogens is 5. The molecule has 2 aliphatic rings. The molecule has 2 aromatic rings. The van der Waals surface area contributed by atoms with E-state index in [1.54, 1.807) is 6.07 Å². The SMILES string of the molecule is Cc1ccc(Cl)cc1N1CCN(C(=O)[C@@H]2CC2(c2ccc(F)cc2)C(F)(F)F)CC1. The van der Waals surface area contributed by atoms with Gasteiger partial charge in [-0.1, -0.05) is 29.8 Å². The number of piperazine rings is 1. The van der Waals surface area contributed by atoms with Crippen molar-refractivity contribution in [3.63, 3.8) is 0 Å². The van der Waals surface area contributed by atoms with Crippen LogP contribution in [0.3, 0.4) is 0 Å². The van der Waals surface area contributed by atoms with E-state index in [-0.39, 0.29) is 12.0 Å². The van der Waals surface area contributed by atoms with Gasteiger partial charge in [-0.3, -0.25) is 4.79 Å². The number of benzene rings is 2. The van der Waals surface area contributed by atoms with Crippen LogP contribution in [-0.2, 0) is 10.2 Å². The molecule has 1 saturated carbocycles. The summed E-state index contributed by atoms with van der Waals surface area (Å²) < 4.78 is 55.0. The third kappa shape index (κ3) is 3.53. The normalized spacial score (nSPS) is 24.1. The number of rotatable bonds is 3. The number of aryl methyl sites for hydroxylation is 1. The van der Waals surface area contributed by atoms with E-state index in [9.17, 15) is 22.4 Å². The van der Waals surface area contributed by atoms with Crippen LogP contribution in [0.5, 0.6) is 0 Å². The summed E-state index contributed by atoms with van der Waals surface area (Å²) in [5.74, 6) is -2.26. The Labute approximate surface area is 177 Å². The van der Waals surface area contributed by atoms with Crippen LogP contribution < -0.4 is 4.90 Å². The van der Waals surface area contributed by atoms with Crippen molar-refractivity contribution in [1.82, 2.24) is 4.90 Å². The molecule has 30 heavy (non-hydrogen) atoms. The van der Waals surface area contributed by atoms with E-state index in [0.29, 0.717) is 31.2 Å². The maximum atomic E-state index is 13.9. The molecule has 0 aromatic heterocycles. The van der Waals surface area contributed by atoms with E-state index in [1.165, 1.54) is 4.90 Å². The summed E-state index contributed by atoms with van der Waals surface area (Å²) in [7, 11) is 0. The lowest BCUT2D eigenvalue weighted by Crippen LogP contribution is -2.50. The van der Waals surface area contributed by atoms with E-state index in [4.69, 9.17) is 11.6 Å². The Kier molecular flexibility index (Phi) is 5.21. The van der Waals surface area contributed by atoms with Gasteiger partial charge < -0.3 is 9.80 Å². The quantitative estimate of drug-likeness (QED) is 0.630. The third-order valence-electron chi connectivity index (χ3n) is 6.23. The number of anilines is 1. The summed E-state index contributed by atoms with van der Waals surface area (Å²) in [5.41, 5.74) is -0.257. The van der Waals surface area contributed by atoms with Crippen molar-refractivity contribution in [3.05, 3.63) is 64.4 Å². The second-order valence-corrected chi connectivity index (χ2v) is 8.41. The smallest absolute Gasteiger partial charge is 0.368 e. The highest BCUT2D eigenvalue weighted by Crippen LogP contribution is 2.64. The summed E-state index contributed by atoms with van der Waals surface area (Å²) in [6, 6.07) is 9.87. The van der Waals surface area contributed by atoms with Crippen LogP contribution in [0.15, 0.2) is 42.5 Å². The van der Waals surface area contributed by atoms with E-state index < -0.39 is 29.2 Å². The Hall–Kier alpha value is -2.28. The van der Waals surface area contributed by atoms with Gasteiger partial charge in [-0.05, 0) is 48.7 Å². The molecule has 1 heterocycles. The van der Waals surface area contributed by atoms with Gasteiger partial charge in [0, 0.05) is 36.9 Å². The Morgan fingerprint density at radius 1 is 1.07 bits per heavy atom.